The number of carbonyl (C=O) groups is 8. The van der Waals surface area contributed by atoms with Crippen molar-refractivity contribution in [2.45, 2.75) is 554 Å². The number of aliphatic hydroxyl groups is 2. The van der Waals surface area contributed by atoms with Crippen molar-refractivity contribution in [2.75, 3.05) is 28.4 Å². The Labute approximate surface area is 726 Å². The largest absolute Gasteiger partial charge is 0.481 e. The highest BCUT2D eigenvalue weighted by molar-refractivity contribution is 5.71. The van der Waals surface area contributed by atoms with Crippen molar-refractivity contribution in [1.82, 2.24) is 0 Å². The summed E-state index contributed by atoms with van der Waals surface area (Å²) in [4.78, 5) is 88.0. The number of epoxide rings is 1. The van der Waals surface area contributed by atoms with Crippen LogP contribution in [-0.2, 0) is 71.5 Å². The van der Waals surface area contributed by atoms with Gasteiger partial charge in [-0.2, -0.15) is 0 Å². The summed E-state index contributed by atoms with van der Waals surface area (Å²) in [5, 5.41) is 29.4. The van der Waals surface area contributed by atoms with Gasteiger partial charge in [0.05, 0.1) is 52.9 Å². The number of allylic oxidation sites excluding steroid dienone is 2. The van der Waals surface area contributed by atoms with Crippen LogP contribution in [0.5, 0.6) is 0 Å². The Balaban J connectivity index is -0.000000457. The third-order valence-electron chi connectivity index (χ3n) is 21.7. The molecule has 1 aliphatic rings. The van der Waals surface area contributed by atoms with E-state index in [1.807, 2.05) is 0 Å². The van der Waals surface area contributed by atoms with Crippen molar-refractivity contribution >= 4 is 48.1 Å². The molecule has 1 rings (SSSR count). The van der Waals surface area contributed by atoms with Gasteiger partial charge in [-0.25, -0.2) is 0 Å². The van der Waals surface area contributed by atoms with Crippen LogP contribution in [0.15, 0.2) is 12.2 Å². The van der Waals surface area contributed by atoms with E-state index in [0.29, 0.717) is 76.4 Å². The average molecular weight is 1680 g/mol. The number of esters is 6. The number of aliphatic carboxylic acids is 1. The van der Waals surface area contributed by atoms with Gasteiger partial charge >= 0.3 is 41.8 Å². The highest BCUT2D eigenvalue weighted by Crippen LogP contribution is 2.32. The summed E-state index contributed by atoms with van der Waals surface area (Å²) < 4.78 is 35.7. The van der Waals surface area contributed by atoms with Gasteiger partial charge in [0.2, 0.25) is 0 Å². The summed E-state index contributed by atoms with van der Waals surface area (Å²) in [6.07, 6.45) is 81.5. The van der Waals surface area contributed by atoms with Gasteiger partial charge < -0.3 is 53.3 Å². The summed E-state index contributed by atoms with van der Waals surface area (Å²) in [5.74, 6) is -1.48. The average Bonchev–Trinajstić information content (AvgIpc) is 1.70. The Morgan fingerprint density at radius 3 is 0.763 bits per heavy atom. The van der Waals surface area contributed by atoms with Gasteiger partial charge in [0, 0.05) is 51.4 Å². The Morgan fingerprint density at radius 1 is 0.271 bits per heavy atom. The molecule has 0 amide bonds. The van der Waals surface area contributed by atoms with E-state index in [1.165, 1.54) is 234 Å². The lowest BCUT2D eigenvalue weighted by Gasteiger charge is -2.23. The smallest absolute Gasteiger partial charge is 0.306 e. The van der Waals surface area contributed by atoms with Crippen LogP contribution in [0.1, 0.15) is 518 Å². The molecule has 0 radical (unpaired) electrons. The maximum atomic E-state index is 12.2. The first-order valence-electron chi connectivity index (χ1n) is 49.3. The Hall–Kier alpha value is -4.42. The van der Waals surface area contributed by atoms with Gasteiger partial charge in [-0.1, -0.05) is 350 Å². The Bertz CT molecular complexity index is 2160. The van der Waals surface area contributed by atoms with Gasteiger partial charge in [-0.3, -0.25) is 33.6 Å². The standard InChI is InChI=1S/2C25H48O5.C19H36O3.C19H36O2.C6H12O2.C6H12O/c1-4-6-8-9-12-16-19-23(30-25(28)21-14-7-5-2)22(26)18-15-11-10-13-17-20-24(27)29-3;1-4-6-8-9-11-15-18-22(26)23(30-25(28)21-14-7-5-2)19-16-12-10-13-17-20-24(27)29-3;1-3-4-5-6-8-11-14-17-18(22-17)15-12-9-7-10-13-16-19(20)21-2;1-3-4-5-6-7-8-9-10-11-12-13-14-15-16-17-18-19(20)21-2;1-2-3-4-5-6(7)8;1-2-3-4-5-6-7/h2*22-23,26H,4-21H2,1-3H3;17-18H,3-16H2,1-2H3;10-11H,3-9,12-18H2,1-2H3;2-5H2,1H3,(H,7,8);6H,2-5H2,1H3/b;;;11-10-;;. The number of carbonyl (C=O) groups excluding carboxylic acids is 7. The molecule has 6 unspecified atom stereocenters. The molecule has 0 spiro atoms. The van der Waals surface area contributed by atoms with Gasteiger partial charge in [0.15, 0.2) is 0 Å². The fraction of sp³-hybridized carbons (Fsp3) is 0.900. The zero-order valence-electron chi connectivity index (χ0n) is 79.1. The van der Waals surface area contributed by atoms with E-state index in [-0.39, 0.29) is 48.0 Å². The molecule has 3 N–H and O–H groups in total. The van der Waals surface area contributed by atoms with E-state index in [1.54, 1.807) is 0 Å². The predicted molar refractivity (Wildman–Crippen MR) is 489 cm³/mol. The monoisotopic (exact) mass is 1680 g/mol. The quantitative estimate of drug-likeness (QED) is 0.0128. The van der Waals surface area contributed by atoms with Gasteiger partial charge in [0.25, 0.3) is 0 Å². The lowest BCUT2D eigenvalue weighted by Crippen LogP contribution is -2.31. The molecule has 1 fully saturated rings. The summed E-state index contributed by atoms with van der Waals surface area (Å²) >= 11 is 0. The van der Waals surface area contributed by atoms with Crippen molar-refractivity contribution in [1.29, 1.82) is 0 Å². The fourth-order valence-electron chi connectivity index (χ4n) is 13.8. The first-order chi connectivity index (χ1) is 57.4. The lowest BCUT2D eigenvalue weighted by atomic mass is 9.99. The minimum Gasteiger partial charge on any atom is -0.481 e. The molecule has 0 aromatic heterocycles. The van der Waals surface area contributed by atoms with E-state index in [0.717, 1.165) is 199 Å². The number of carboxylic acids is 1. The van der Waals surface area contributed by atoms with Crippen molar-refractivity contribution in [2.24, 2.45) is 0 Å². The van der Waals surface area contributed by atoms with Crippen molar-refractivity contribution in [3.8, 4) is 0 Å². The number of hydrogen-bond acceptors (Lipinski definition) is 17. The predicted octanol–water partition coefficient (Wildman–Crippen LogP) is 28.0. The number of aldehydes is 1. The van der Waals surface area contributed by atoms with Crippen LogP contribution in [0.3, 0.4) is 0 Å². The zero-order valence-corrected chi connectivity index (χ0v) is 79.1. The molecule has 1 heterocycles. The first kappa shape index (κ1) is 122. The molecule has 0 aliphatic carbocycles. The van der Waals surface area contributed by atoms with Gasteiger partial charge in [0.1, 0.15) is 18.5 Å². The molecule has 6 atom stereocenters. The number of methoxy groups -OCH3 is 4. The number of rotatable bonds is 80. The van der Waals surface area contributed by atoms with Crippen LogP contribution in [0.25, 0.3) is 0 Å². The topological polar surface area (TPSA) is 265 Å². The van der Waals surface area contributed by atoms with Crippen LogP contribution >= 0.6 is 0 Å². The number of hydrogen-bond donors (Lipinski definition) is 3. The number of carboxylic acid groups (broad SMARTS) is 1. The molecule has 0 saturated carbocycles. The molecular formula is C100H192O18. The lowest BCUT2D eigenvalue weighted by molar-refractivity contribution is -0.157. The van der Waals surface area contributed by atoms with E-state index < -0.39 is 18.2 Å². The molecule has 0 bridgehead atoms. The molecule has 0 aromatic rings. The molecule has 700 valence electrons. The van der Waals surface area contributed by atoms with Crippen LogP contribution in [0.2, 0.25) is 0 Å². The zero-order chi connectivity index (χ0) is 88.5. The van der Waals surface area contributed by atoms with Crippen molar-refractivity contribution in [3.63, 3.8) is 0 Å². The second kappa shape index (κ2) is 103. The molecule has 18 nitrogen and oxygen atoms in total. The van der Waals surface area contributed by atoms with Crippen LogP contribution in [0, 0.1) is 0 Å². The highest BCUT2D eigenvalue weighted by Gasteiger charge is 2.37. The van der Waals surface area contributed by atoms with E-state index in [2.05, 4.69) is 86.5 Å². The summed E-state index contributed by atoms with van der Waals surface area (Å²) in [6, 6.07) is 0. The van der Waals surface area contributed by atoms with Crippen LogP contribution < -0.4 is 0 Å². The molecule has 18 heteroatoms. The summed E-state index contributed by atoms with van der Waals surface area (Å²) in [6.45, 7) is 17.4. The molecule has 1 saturated heterocycles. The van der Waals surface area contributed by atoms with E-state index in [4.69, 9.17) is 19.3 Å². The van der Waals surface area contributed by atoms with Crippen molar-refractivity contribution < 1.29 is 86.8 Å². The maximum absolute atomic E-state index is 12.2. The maximum Gasteiger partial charge on any atom is 0.306 e. The van der Waals surface area contributed by atoms with E-state index >= 15 is 0 Å². The Kier molecular flexibility index (Phi) is 107. The highest BCUT2D eigenvalue weighted by atomic mass is 16.6. The second-order valence-corrected chi connectivity index (χ2v) is 33.1. The molecule has 118 heavy (non-hydrogen) atoms. The number of unbranched alkanes of at least 4 members (excludes halogenated alkanes) is 47. The molecule has 1 aliphatic heterocycles. The minimum atomic E-state index is -0.682. The minimum absolute atomic E-state index is 0.0763. The number of ether oxygens (including phenoxy) is 7. The first-order valence-corrected chi connectivity index (χ1v) is 49.3. The summed E-state index contributed by atoms with van der Waals surface area (Å²) in [5.41, 5.74) is 0. The fourth-order valence-corrected chi connectivity index (χ4v) is 13.8. The van der Waals surface area contributed by atoms with Crippen LogP contribution in [0.4, 0.5) is 0 Å². The molecule has 0 aromatic carbocycles. The van der Waals surface area contributed by atoms with Crippen LogP contribution in [-0.4, -0.2) is 128 Å². The van der Waals surface area contributed by atoms with Gasteiger partial charge in [-0.15, -0.1) is 0 Å². The van der Waals surface area contributed by atoms with Crippen molar-refractivity contribution in [3.05, 3.63) is 12.2 Å². The van der Waals surface area contributed by atoms with Gasteiger partial charge in [-0.05, 0) is 128 Å². The molecular weight excluding hydrogens is 1490 g/mol. The third kappa shape index (κ3) is 102. The van der Waals surface area contributed by atoms with E-state index in [9.17, 15) is 48.6 Å². The second-order valence-electron chi connectivity index (χ2n) is 33.1. The summed E-state index contributed by atoms with van der Waals surface area (Å²) in [7, 11) is 5.75. The normalized spacial score (nSPS) is 13.5. The SMILES string of the molecule is CCCCCC(=O)O.CCCCCC=O.CCCCCCCC/C=C\CCCCCCCC(=O)OC.CCCCCCCCC(O)C(CCCCCCCC(=O)OC)OC(=O)CCCCC.CCCCCCCCC(OC(=O)CCCCC)C(O)CCCCCCCC(=O)OC.CCCCCCCCC1OC1CCCCCCCC(=O)OC. The Morgan fingerprint density at radius 2 is 0.483 bits per heavy atom. The third-order valence-corrected chi connectivity index (χ3v) is 21.7. The number of aliphatic hydroxyl groups excluding tert-OH is 2.